The van der Waals surface area contributed by atoms with Crippen LogP contribution in [-0.2, 0) is 0 Å². The van der Waals surface area contributed by atoms with E-state index in [9.17, 15) is 0 Å². The van der Waals surface area contributed by atoms with Gasteiger partial charge in [0.2, 0.25) is 5.89 Å². The Morgan fingerprint density at radius 3 is 2.50 bits per heavy atom. The third kappa shape index (κ3) is 2.66. The van der Waals surface area contributed by atoms with Gasteiger partial charge in [-0.05, 0) is 43.9 Å². The molecule has 0 atom stereocenters. The third-order valence-corrected chi connectivity index (χ3v) is 4.01. The second kappa shape index (κ2) is 5.69. The molecule has 2 aliphatic heterocycles. The zero-order valence-corrected chi connectivity index (χ0v) is 10.9. The van der Waals surface area contributed by atoms with Crippen molar-refractivity contribution in [2.24, 2.45) is 0 Å². The molecule has 3 rings (SSSR count). The van der Waals surface area contributed by atoms with Crippen molar-refractivity contribution in [2.75, 3.05) is 31.1 Å². The van der Waals surface area contributed by atoms with Gasteiger partial charge in [-0.25, -0.2) is 0 Å². The number of rotatable bonds is 2. The number of nitrogens with one attached hydrogen (secondary N) is 1. The van der Waals surface area contributed by atoms with Gasteiger partial charge in [0.05, 0.1) is 0 Å². The van der Waals surface area contributed by atoms with Crippen molar-refractivity contribution in [1.29, 1.82) is 0 Å². The summed E-state index contributed by atoms with van der Waals surface area (Å²) < 4.78 is 5.47. The van der Waals surface area contributed by atoms with E-state index < -0.39 is 0 Å². The molecule has 0 unspecified atom stereocenters. The molecule has 0 aliphatic carbocycles. The van der Waals surface area contributed by atoms with Gasteiger partial charge < -0.3 is 14.7 Å². The fourth-order valence-electron chi connectivity index (χ4n) is 2.86. The summed E-state index contributed by atoms with van der Waals surface area (Å²) in [6.07, 6.45) is 7.38. The molecule has 0 aromatic carbocycles. The lowest BCUT2D eigenvalue weighted by Gasteiger charge is -2.19. The van der Waals surface area contributed by atoms with Crippen LogP contribution in [0.25, 0.3) is 0 Å². The molecule has 0 radical (unpaired) electrons. The topological polar surface area (TPSA) is 54.2 Å². The predicted octanol–water partition coefficient (Wildman–Crippen LogP) is 1.92. The Hall–Kier alpha value is -1.10. The van der Waals surface area contributed by atoms with E-state index in [1.807, 2.05) is 0 Å². The van der Waals surface area contributed by atoms with Crippen LogP contribution in [0.1, 0.15) is 50.3 Å². The van der Waals surface area contributed by atoms with E-state index in [1.54, 1.807) is 0 Å². The number of hydrogen-bond donors (Lipinski definition) is 1. The first-order valence-corrected chi connectivity index (χ1v) is 7.23. The second-order valence-electron chi connectivity index (χ2n) is 5.36. The van der Waals surface area contributed by atoms with Crippen LogP contribution < -0.4 is 10.2 Å². The number of piperidine rings is 1. The molecule has 0 amide bonds. The zero-order valence-electron chi connectivity index (χ0n) is 10.9. The fourth-order valence-corrected chi connectivity index (χ4v) is 2.86. The van der Waals surface area contributed by atoms with Gasteiger partial charge in [0, 0.05) is 19.0 Å². The van der Waals surface area contributed by atoms with Gasteiger partial charge >= 0.3 is 0 Å². The molecule has 0 bridgehead atoms. The van der Waals surface area contributed by atoms with E-state index in [4.69, 9.17) is 4.52 Å². The molecule has 100 valence electrons. The van der Waals surface area contributed by atoms with E-state index in [2.05, 4.69) is 20.4 Å². The van der Waals surface area contributed by atoms with E-state index in [0.717, 1.165) is 50.9 Å². The van der Waals surface area contributed by atoms with Gasteiger partial charge in [0.25, 0.3) is 5.95 Å². The fraction of sp³-hybridized carbons (Fsp3) is 0.846. The van der Waals surface area contributed by atoms with Crippen molar-refractivity contribution < 1.29 is 4.52 Å². The van der Waals surface area contributed by atoms with Crippen LogP contribution in [0.4, 0.5) is 5.95 Å². The lowest BCUT2D eigenvalue weighted by Crippen LogP contribution is -2.27. The highest BCUT2D eigenvalue weighted by Crippen LogP contribution is 2.25. The van der Waals surface area contributed by atoms with Gasteiger partial charge in [-0.15, -0.1) is 0 Å². The maximum atomic E-state index is 5.47. The number of hydrogen-bond acceptors (Lipinski definition) is 5. The number of anilines is 1. The van der Waals surface area contributed by atoms with Gasteiger partial charge in [0.1, 0.15) is 0 Å². The molecule has 2 aliphatic rings. The highest BCUT2D eigenvalue weighted by atomic mass is 16.5. The molecule has 2 saturated heterocycles. The lowest BCUT2D eigenvalue weighted by molar-refractivity contribution is 0.320. The summed E-state index contributed by atoms with van der Waals surface area (Å²) in [6.45, 7) is 4.27. The summed E-state index contributed by atoms with van der Waals surface area (Å²) in [5, 5.41) is 7.54. The van der Waals surface area contributed by atoms with E-state index in [-0.39, 0.29) is 0 Å². The average Bonchev–Trinajstić information content (AvgIpc) is 2.76. The molecule has 5 heteroatoms. The van der Waals surface area contributed by atoms with Crippen LogP contribution in [0.2, 0.25) is 0 Å². The zero-order chi connectivity index (χ0) is 12.2. The Morgan fingerprint density at radius 1 is 1.06 bits per heavy atom. The van der Waals surface area contributed by atoms with E-state index in [0.29, 0.717) is 5.92 Å². The average molecular weight is 250 g/mol. The molecule has 5 nitrogen and oxygen atoms in total. The van der Waals surface area contributed by atoms with Crippen LogP contribution in [-0.4, -0.2) is 36.3 Å². The molecule has 1 N–H and O–H groups in total. The van der Waals surface area contributed by atoms with Crippen LogP contribution in [0, 0.1) is 0 Å². The van der Waals surface area contributed by atoms with Crippen molar-refractivity contribution in [1.82, 2.24) is 15.5 Å². The van der Waals surface area contributed by atoms with Gasteiger partial charge in [0.15, 0.2) is 0 Å². The van der Waals surface area contributed by atoms with E-state index >= 15 is 0 Å². The first-order chi connectivity index (χ1) is 8.93. The van der Waals surface area contributed by atoms with Crippen LogP contribution in [0.3, 0.4) is 0 Å². The van der Waals surface area contributed by atoms with Crippen molar-refractivity contribution in [2.45, 2.75) is 44.4 Å². The molecule has 2 fully saturated rings. The SMILES string of the molecule is C1CCCN(c2noc(C3CCNCC3)n2)CC1. The van der Waals surface area contributed by atoms with Crippen molar-refractivity contribution >= 4 is 5.95 Å². The Labute approximate surface area is 108 Å². The molecule has 18 heavy (non-hydrogen) atoms. The quantitative estimate of drug-likeness (QED) is 0.869. The first kappa shape index (κ1) is 12.0. The minimum atomic E-state index is 0.458. The Morgan fingerprint density at radius 2 is 1.78 bits per heavy atom. The molecule has 3 heterocycles. The first-order valence-electron chi connectivity index (χ1n) is 7.23. The molecular weight excluding hydrogens is 228 g/mol. The predicted molar refractivity (Wildman–Crippen MR) is 69.8 cm³/mol. The third-order valence-electron chi connectivity index (χ3n) is 4.01. The highest BCUT2D eigenvalue weighted by molar-refractivity contribution is 5.28. The Bertz CT molecular complexity index is 365. The standard InChI is InChI=1S/C13H22N4O/c1-2-4-10-17(9-3-1)13-15-12(18-16-13)11-5-7-14-8-6-11/h11,14H,1-10H2. The van der Waals surface area contributed by atoms with Gasteiger partial charge in [-0.2, -0.15) is 4.98 Å². The molecule has 0 spiro atoms. The monoisotopic (exact) mass is 250 g/mol. The Kier molecular flexibility index (Phi) is 3.78. The molecule has 0 saturated carbocycles. The van der Waals surface area contributed by atoms with Crippen LogP contribution in [0.15, 0.2) is 4.52 Å². The minimum absolute atomic E-state index is 0.458. The molecule has 1 aromatic heterocycles. The van der Waals surface area contributed by atoms with Gasteiger partial charge in [-0.1, -0.05) is 12.8 Å². The summed E-state index contributed by atoms with van der Waals surface area (Å²) in [5.74, 6) is 2.11. The minimum Gasteiger partial charge on any atom is -0.338 e. The summed E-state index contributed by atoms with van der Waals surface area (Å²) in [4.78, 5) is 6.90. The van der Waals surface area contributed by atoms with Crippen molar-refractivity contribution in [3.63, 3.8) is 0 Å². The summed E-state index contributed by atoms with van der Waals surface area (Å²) >= 11 is 0. The lowest BCUT2D eigenvalue weighted by atomic mass is 9.98. The molecular formula is C13H22N4O. The Balaban J connectivity index is 1.67. The normalized spacial score (nSPS) is 23.0. The van der Waals surface area contributed by atoms with Gasteiger partial charge in [-0.3, -0.25) is 0 Å². The summed E-state index contributed by atoms with van der Waals surface area (Å²) in [7, 11) is 0. The van der Waals surface area contributed by atoms with Crippen LogP contribution >= 0.6 is 0 Å². The summed E-state index contributed by atoms with van der Waals surface area (Å²) in [5.41, 5.74) is 0. The molecule has 1 aromatic rings. The maximum absolute atomic E-state index is 5.47. The number of nitrogens with zero attached hydrogens (tertiary/aromatic N) is 3. The smallest absolute Gasteiger partial charge is 0.266 e. The van der Waals surface area contributed by atoms with Crippen molar-refractivity contribution in [3.05, 3.63) is 5.89 Å². The number of aromatic nitrogens is 2. The van der Waals surface area contributed by atoms with Crippen LogP contribution in [0.5, 0.6) is 0 Å². The summed E-state index contributed by atoms with van der Waals surface area (Å²) in [6, 6.07) is 0. The van der Waals surface area contributed by atoms with E-state index in [1.165, 1.54) is 25.7 Å². The second-order valence-corrected chi connectivity index (χ2v) is 5.36. The maximum Gasteiger partial charge on any atom is 0.266 e. The largest absolute Gasteiger partial charge is 0.338 e. The highest BCUT2D eigenvalue weighted by Gasteiger charge is 2.23. The van der Waals surface area contributed by atoms with Crippen molar-refractivity contribution in [3.8, 4) is 0 Å².